The summed E-state index contributed by atoms with van der Waals surface area (Å²) < 4.78 is 40.7. The van der Waals surface area contributed by atoms with Crippen LogP contribution in [0.2, 0.25) is 0 Å². The van der Waals surface area contributed by atoms with E-state index in [0.717, 1.165) is 19.4 Å². The zero-order valence-electron chi connectivity index (χ0n) is 16.2. The van der Waals surface area contributed by atoms with Gasteiger partial charge in [0.1, 0.15) is 12.4 Å². The second-order valence-corrected chi connectivity index (χ2v) is 8.55. The van der Waals surface area contributed by atoms with E-state index in [1.165, 1.54) is 12.8 Å². The number of aryl methyl sites for hydroxylation is 2. The monoisotopic (exact) mass is 374 g/mol. The van der Waals surface area contributed by atoms with E-state index in [9.17, 15) is 13.0 Å². The molecule has 0 saturated heterocycles. The molecular formula is C18H34N2O4S. The molecule has 1 saturated carbocycles. The minimum absolute atomic E-state index is 0.185. The highest BCUT2D eigenvalue weighted by molar-refractivity contribution is 7.80. The highest BCUT2D eigenvalue weighted by atomic mass is 32.3. The Balaban J connectivity index is 0.000000271. The van der Waals surface area contributed by atoms with Crippen LogP contribution < -0.4 is 4.57 Å². The smallest absolute Gasteiger partial charge is 0.243 e. The molecular weight excluding hydrogens is 340 g/mol. The van der Waals surface area contributed by atoms with Crippen LogP contribution in [0.4, 0.5) is 0 Å². The van der Waals surface area contributed by atoms with Crippen molar-refractivity contribution >= 4 is 10.4 Å². The van der Waals surface area contributed by atoms with Gasteiger partial charge in [0.05, 0.1) is 19.7 Å². The molecule has 1 heterocycles. The van der Waals surface area contributed by atoms with Gasteiger partial charge in [0, 0.05) is 0 Å². The van der Waals surface area contributed by atoms with E-state index in [0.29, 0.717) is 18.3 Å². The zero-order valence-corrected chi connectivity index (χ0v) is 17.0. The summed E-state index contributed by atoms with van der Waals surface area (Å²) in [4.78, 5) is 0. The lowest BCUT2D eigenvalue weighted by molar-refractivity contribution is -0.671. The number of hydrogen-bond donors (Lipinski definition) is 0. The first kappa shape index (κ1) is 22.1. The summed E-state index contributed by atoms with van der Waals surface area (Å²) >= 11 is 0. The fourth-order valence-corrected chi connectivity index (χ4v) is 3.88. The molecule has 0 unspecified atom stereocenters. The fraction of sp³-hybridized carbons (Fsp3) is 0.833. The Bertz CT molecular complexity index is 598. The molecule has 2 rings (SSSR count). The Labute approximate surface area is 153 Å². The number of hydrogen-bond acceptors (Lipinski definition) is 4. The molecule has 1 aliphatic rings. The lowest BCUT2D eigenvalue weighted by Gasteiger charge is -2.37. The summed E-state index contributed by atoms with van der Waals surface area (Å²) in [6.45, 7) is 9.49. The summed E-state index contributed by atoms with van der Waals surface area (Å²) in [5.41, 5.74) is 0. The first-order valence-corrected chi connectivity index (χ1v) is 10.6. The largest absolute Gasteiger partial charge is 0.726 e. The molecule has 0 aliphatic heterocycles. The minimum atomic E-state index is -4.56. The predicted octanol–water partition coefficient (Wildman–Crippen LogP) is 3.04. The lowest BCUT2D eigenvalue weighted by atomic mass is 9.75. The van der Waals surface area contributed by atoms with Gasteiger partial charge in [-0.1, -0.05) is 40.5 Å². The zero-order chi connectivity index (χ0) is 19.0. The van der Waals surface area contributed by atoms with E-state index >= 15 is 0 Å². The Hall–Kier alpha value is -0.920. The van der Waals surface area contributed by atoms with Gasteiger partial charge in [-0.3, -0.25) is 4.18 Å². The quantitative estimate of drug-likeness (QED) is 0.436. The van der Waals surface area contributed by atoms with Crippen LogP contribution in [0.1, 0.15) is 59.8 Å². The van der Waals surface area contributed by atoms with Crippen molar-refractivity contribution in [2.24, 2.45) is 24.8 Å². The first-order chi connectivity index (χ1) is 11.6. The van der Waals surface area contributed by atoms with Gasteiger partial charge in [-0.15, -0.1) is 0 Å². The van der Waals surface area contributed by atoms with Crippen LogP contribution >= 0.6 is 0 Å². The average molecular weight is 375 g/mol. The molecule has 1 aromatic rings. The molecule has 1 aromatic heterocycles. The molecule has 0 radical (unpaired) electrons. The van der Waals surface area contributed by atoms with E-state index in [1.54, 1.807) is 0 Å². The van der Waals surface area contributed by atoms with Gasteiger partial charge in [-0.05, 0) is 37.0 Å². The fourth-order valence-electron chi connectivity index (χ4n) is 3.35. The van der Waals surface area contributed by atoms with Crippen molar-refractivity contribution in [2.45, 2.75) is 72.4 Å². The molecule has 6 nitrogen and oxygen atoms in total. The van der Waals surface area contributed by atoms with Crippen LogP contribution in [0.15, 0.2) is 18.7 Å². The second-order valence-electron chi connectivity index (χ2n) is 7.54. The molecule has 0 bridgehead atoms. The van der Waals surface area contributed by atoms with Crippen LogP contribution in [0.3, 0.4) is 0 Å². The third-order valence-electron chi connectivity index (χ3n) is 4.80. The average Bonchev–Trinajstić information content (AvgIpc) is 2.89. The summed E-state index contributed by atoms with van der Waals surface area (Å²) in [6.07, 6.45) is 11.1. The lowest BCUT2D eigenvalue weighted by Crippen LogP contribution is -2.35. The molecule has 1 aliphatic carbocycles. The van der Waals surface area contributed by atoms with Gasteiger partial charge in [0.15, 0.2) is 0 Å². The molecule has 0 spiro atoms. The maximum atomic E-state index is 10.6. The normalized spacial score (nSPS) is 24.0. The van der Waals surface area contributed by atoms with Crippen molar-refractivity contribution in [3.05, 3.63) is 18.7 Å². The van der Waals surface area contributed by atoms with Crippen LogP contribution in [0, 0.1) is 17.8 Å². The summed E-state index contributed by atoms with van der Waals surface area (Å²) in [5, 5.41) is 0. The number of rotatable bonds is 6. The van der Waals surface area contributed by atoms with Gasteiger partial charge in [0.25, 0.3) is 0 Å². The van der Waals surface area contributed by atoms with Crippen molar-refractivity contribution < 1.29 is 21.7 Å². The molecule has 146 valence electrons. The molecule has 3 atom stereocenters. The van der Waals surface area contributed by atoms with Crippen LogP contribution in [-0.2, 0) is 28.2 Å². The van der Waals surface area contributed by atoms with Crippen LogP contribution in [0.5, 0.6) is 0 Å². The summed E-state index contributed by atoms with van der Waals surface area (Å²) in [6, 6.07) is 0. The Morgan fingerprint density at radius 3 is 2.52 bits per heavy atom. The molecule has 7 heteroatoms. The van der Waals surface area contributed by atoms with E-state index in [-0.39, 0.29) is 5.92 Å². The third kappa shape index (κ3) is 8.83. The van der Waals surface area contributed by atoms with Crippen molar-refractivity contribution in [1.82, 2.24) is 4.57 Å². The van der Waals surface area contributed by atoms with Crippen molar-refractivity contribution in [3.8, 4) is 0 Å². The van der Waals surface area contributed by atoms with Gasteiger partial charge in [0.2, 0.25) is 16.7 Å². The SMILES string of the molecule is CC(C)[C@@H]1CC[C@@H](C)C[C@H]1OS(=O)(=O)[O-].CCCCn1cc[n+](C)c1. The molecule has 0 amide bonds. The third-order valence-corrected chi connectivity index (χ3v) is 5.28. The topological polar surface area (TPSA) is 75.2 Å². The number of unbranched alkanes of at least 4 members (excludes halogenated alkanes) is 1. The molecule has 0 aromatic carbocycles. The number of nitrogens with zero attached hydrogens (tertiary/aromatic N) is 2. The molecule has 0 N–H and O–H groups in total. The standard InChI is InChI=1S/C10H20O4S.C8H15N2/c1-7(2)9-5-4-8(3)6-10(9)14-15(11,12)13;1-3-4-5-10-7-6-9(2)8-10/h7-10H,4-6H2,1-3H3,(H,11,12,13);6-8H,3-5H2,1-2H3/q;+1/p-1/t8-,9+,10-;/m1./s1. The van der Waals surface area contributed by atoms with Gasteiger partial charge >= 0.3 is 0 Å². The van der Waals surface area contributed by atoms with E-state index in [4.69, 9.17) is 0 Å². The summed E-state index contributed by atoms with van der Waals surface area (Å²) in [5.74, 6) is 0.973. The van der Waals surface area contributed by atoms with Crippen molar-refractivity contribution in [2.75, 3.05) is 0 Å². The Kier molecular flexibility index (Phi) is 9.10. The van der Waals surface area contributed by atoms with E-state index in [2.05, 4.69) is 45.9 Å². The van der Waals surface area contributed by atoms with Crippen molar-refractivity contribution in [1.29, 1.82) is 0 Å². The van der Waals surface area contributed by atoms with Gasteiger partial charge in [-0.2, -0.15) is 0 Å². The second kappa shape index (κ2) is 10.3. The highest BCUT2D eigenvalue weighted by Gasteiger charge is 2.32. The number of imidazole rings is 1. The van der Waals surface area contributed by atoms with Crippen LogP contribution in [0.25, 0.3) is 0 Å². The van der Waals surface area contributed by atoms with Crippen molar-refractivity contribution in [3.63, 3.8) is 0 Å². The van der Waals surface area contributed by atoms with Gasteiger partial charge < -0.3 is 4.55 Å². The molecule has 1 fully saturated rings. The highest BCUT2D eigenvalue weighted by Crippen LogP contribution is 2.35. The van der Waals surface area contributed by atoms with E-state index in [1.807, 2.05) is 20.9 Å². The van der Waals surface area contributed by atoms with E-state index < -0.39 is 16.5 Å². The Morgan fingerprint density at radius 1 is 1.36 bits per heavy atom. The number of aromatic nitrogens is 2. The maximum absolute atomic E-state index is 10.6. The molecule has 25 heavy (non-hydrogen) atoms. The first-order valence-electron chi connectivity index (χ1n) is 9.27. The van der Waals surface area contributed by atoms with Gasteiger partial charge in [-0.25, -0.2) is 17.6 Å². The van der Waals surface area contributed by atoms with Crippen LogP contribution in [-0.4, -0.2) is 23.6 Å². The Morgan fingerprint density at radius 2 is 2.04 bits per heavy atom. The maximum Gasteiger partial charge on any atom is 0.243 e. The predicted molar refractivity (Wildman–Crippen MR) is 96.4 cm³/mol. The summed E-state index contributed by atoms with van der Waals surface area (Å²) in [7, 11) is -2.52. The minimum Gasteiger partial charge on any atom is -0.726 e.